The molecule has 104 valence electrons. The largest absolute Gasteiger partial charge is 0.381 e. The van der Waals surface area contributed by atoms with Crippen molar-refractivity contribution in [1.82, 2.24) is 5.32 Å². The first kappa shape index (κ1) is 14.4. The predicted molar refractivity (Wildman–Crippen MR) is 76.9 cm³/mol. The lowest BCUT2D eigenvalue weighted by atomic mass is 9.91. The monoisotopic (exact) mass is 281 g/mol. The molecule has 2 rings (SSSR count). The smallest absolute Gasteiger partial charge is 0.252 e. The van der Waals surface area contributed by atoms with Crippen molar-refractivity contribution in [2.45, 2.75) is 32.2 Å². The summed E-state index contributed by atoms with van der Waals surface area (Å²) in [5.74, 6) is 0.385. The molecule has 19 heavy (non-hydrogen) atoms. The van der Waals surface area contributed by atoms with Crippen LogP contribution >= 0.6 is 11.6 Å². The predicted octanol–water partition coefficient (Wildman–Crippen LogP) is 2.82. The van der Waals surface area contributed by atoms with E-state index in [0.717, 1.165) is 29.5 Å². The minimum atomic E-state index is -0.326. The fourth-order valence-electron chi connectivity index (χ4n) is 2.34. The zero-order valence-corrected chi connectivity index (χ0v) is 12.2. The quantitative estimate of drug-likeness (QED) is 0.865. The van der Waals surface area contributed by atoms with Gasteiger partial charge in [-0.25, -0.2) is 0 Å². The number of alkyl halides is 1. The number of nitrogens with one attached hydrogen (secondary N) is 1. The summed E-state index contributed by atoms with van der Waals surface area (Å²) in [6, 6.07) is 5.91. The Balaban J connectivity index is 2.17. The van der Waals surface area contributed by atoms with Gasteiger partial charge in [-0.2, -0.15) is 0 Å². The van der Waals surface area contributed by atoms with E-state index < -0.39 is 0 Å². The van der Waals surface area contributed by atoms with Crippen molar-refractivity contribution in [3.63, 3.8) is 0 Å². The van der Waals surface area contributed by atoms with Crippen LogP contribution in [0.25, 0.3) is 0 Å². The summed E-state index contributed by atoms with van der Waals surface area (Å²) in [5, 5.41) is 3.12. The Bertz CT molecular complexity index is 467. The molecular formula is C15H20ClNO2. The van der Waals surface area contributed by atoms with Crippen LogP contribution in [0.1, 0.15) is 34.3 Å². The van der Waals surface area contributed by atoms with E-state index in [9.17, 15) is 4.79 Å². The first-order chi connectivity index (χ1) is 9.06. The van der Waals surface area contributed by atoms with Gasteiger partial charge >= 0.3 is 0 Å². The second-order valence-electron chi connectivity index (χ2n) is 5.30. The molecular weight excluding hydrogens is 262 g/mol. The van der Waals surface area contributed by atoms with E-state index in [4.69, 9.17) is 16.3 Å². The number of halogens is 1. The van der Waals surface area contributed by atoms with Gasteiger partial charge in [0.2, 0.25) is 0 Å². The molecule has 1 N–H and O–H groups in total. The molecule has 3 nitrogen and oxygen atoms in total. The Morgan fingerprint density at radius 2 is 2.05 bits per heavy atom. The van der Waals surface area contributed by atoms with Crippen molar-refractivity contribution >= 4 is 17.5 Å². The Hall–Kier alpha value is -1.06. The number of carbonyl (C=O) groups excluding carboxylic acids is 1. The lowest BCUT2D eigenvalue weighted by Gasteiger charge is -2.36. The lowest BCUT2D eigenvalue weighted by Crippen LogP contribution is -2.53. The average Bonchev–Trinajstić information content (AvgIpc) is 2.42. The van der Waals surface area contributed by atoms with E-state index in [1.165, 1.54) is 0 Å². The third kappa shape index (κ3) is 3.28. The Morgan fingerprint density at radius 3 is 2.68 bits per heavy atom. The third-order valence-electron chi connectivity index (χ3n) is 3.72. The molecule has 1 aliphatic rings. The van der Waals surface area contributed by atoms with Crippen LogP contribution in [0.15, 0.2) is 18.2 Å². The van der Waals surface area contributed by atoms with Crippen LogP contribution < -0.4 is 5.32 Å². The van der Waals surface area contributed by atoms with Crippen molar-refractivity contribution < 1.29 is 9.53 Å². The molecule has 1 heterocycles. The van der Waals surface area contributed by atoms with Crippen molar-refractivity contribution in [3.05, 3.63) is 34.9 Å². The maximum Gasteiger partial charge on any atom is 0.252 e. The molecule has 1 saturated heterocycles. The average molecular weight is 282 g/mol. The fraction of sp³-hybridized carbons (Fsp3) is 0.533. The number of ether oxygens (including phenoxy) is 1. The van der Waals surface area contributed by atoms with Crippen LogP contribution in [0.4, 0.5) is 0 Å². The normalized spacial score (nSPS) is 18.1. The second kappa shape index (κ2) is 5.93. The highest BCUT2D eigenvalue weighted by Crippen LogP contribution is 2.23. The summed E-state index contributed by atoms with van der Waals surface area (Å²) >= 11 is 6.07. The molecule has 0 radical (unpaired) electrons. The molecule has 1 amide bonds. The first-order valence-electron chi connectivity index (χ1n) is 6.60. The minimum absolute atomic E-state index is 0.0382. The fourth-order valence-corrected chi connectivity index (χ4v) is 2.68. The molecule has 0 aromatic heterocycles. The van der Waals surface area contributed by atoms with E-state index in [-0.39, 0.29) is 11.4 Å². The number of rotatable bonds is 3. The molecule has 1 fully saturated rings. The molecule has 1 aliphatic heterocycles. The summed E-state index contributed by atoms with van der Waals surface area (Å²) in [6.45, 7) is 5.24. The van der Waals surface area contributed by atoms with Crippen molar-refractivity contribution in [2.75, 3.05) is 19.1 Å². The van der Waals surface area contributed by atoms with Crippen LogP contribution in [0.2, 0.25) is 0 Å². The standard InChI is InChI=1S/C15H20ClNO2/c1-11-3-4-12(2)13(9-11)14(18)17-15(10-16)5-7-19-8-6-15/h3-4,9H,5-8,10H2,1-2H3,(H,17,18). The van der Waals surface area contributed by atoms with E-state index in [1.807, 2.05) is 32.0 Å². The molecule has 4 heteroatoms. The topological polar surface area (TPSA) is 38.3 Å². The summed E-state index contributed by atoms with van der Waals surface area (Å²) in [6.07, 6.45) is 1.54. The number of benzene rings is 1. The molecule has 0 saturated carbocycles. The van der Waals surface area contributed by atoms with E-state index in [0.29, 0.717) is 19.1 Å². The zero-order chi connectivity index (χ0) is 13.9. The van der Waals surface area contributed by atoms with Crippen LogP contribution in [-0.4, -0.2) is 30.5 Å². The van der Waals surface area contributed by atoms with Gasteiger partial charge in [0.15, 0.2) is 0 Å². The van der Waals surface area contributed by atoms with Crippen LogP contribution in [0, 0.1) is 13.8 Å². The molecule has 0 aliphatic carbocycles. The molecule has 1 aromatic carbocycles. The van der Waals surface area contributed by atoms with Crippen molar-refractivity contribution in [2.24, 2.45) is 0 Å². The number of amides is 1. The van der Waals surface area contributed by atoms with Gasteiger partial charge in [-0.3, -0.25) is 4.79 Å². The van der Waals surface area contributed by atoms with E-state index >= 15 is 0 Å². The first-order valence-corrected chi connectivity index (χ1v) is 7.13. The van der Waals surface area contributed by atoms with Gasteiger partial charge in [-0.1, -0.05) is 17.7 Å². The highest BCUT2D eigenvalue weighted by Gasteiger charge is 2.33. The molecule has 0 unspecified atom stereocenters. The van der Waals surface area contributed by atoms with E-state index in [1.54, 1.807) is 0 Å². The summed E-state index contributed by atoms with van der Waals surface area (Å²) in [4.78, 5) is 12.4. The molecule has 1 aromatic rings. The lowest BCUT2D eigenvalue weighted by molar-refractivity contribution is 0.0433. The molecule has 0 bridgehead atoms. The third-order valence-corrected chi connectivity index (χ3v) is 4.23. The molecule has 0 atom stereocenters. The number of aryl methyl sites for hydroxylation is 2. The second-order valence-corrected chi connectivity index (χ2v) is 5.57. The number of carbonyl (C=O) groups is 1. The Labute approximate surface area is 119 Å². The summed E-state index contributed by atoms with van der Waals surface area (Å²) in [7, 11) is 0. The maximum atomic E-state index is 12.4. The highest BCUT2D eigenvalue weighted by atomic mass is 35.5. The van der Waals surface area contributed by atoms with Crippen LogP contribution in [0.3, 0.4) is 0 Å². The van der Waals surface area contributed by atoms with Crippen LogP contribution in [0.5, 0.6) is 0 Å². The van der Waals surface area contributed by atoms with Crippen LogP contribution in [-0.2, 0) is 4.74 Å². The van der Waals surface area contributed by atoms with Crippen molar-refractivity contribution in [1.29, 1.82) is 0 Å². The van der Waals surface area contributed by atoms with Gasteiger partial charge < -0.3 is 10.1 Å². The summed E-state index contributed by atoms with van der Waals surface area (Å²) in [5.41, 5.74) is 2.48. The van der Waals surface area contributed by atoms with Gasteiger partial charge in [-0.05, 0) is 38.3 Å². The maximum absolute atomic E-state index is 12.4. The summed E-state index contributed by atoms with van der Waals surface area (Å²) < 4.78 is 5.35. The minimum Gasteiger partial charge on any atom is -0.381 e. The Morgan fingerprint density at radius 1 is 1.37 bits per heavy atom. The van der Waals surface area contributed by atoms with Gasteiger partial charge in [0, 0.05) is 24.7 Å². The van der Waals surface area contributed by atoms with E-state index in [2.05, 4.69) is 5.32 Å². The number of hydrogen-bond acceptors (Lipinski definition) is 2. The van der Waals surface area contributed by atoms with Gasteiger partial charge in [-0.15, -0.1) is 11.6 Å². The van der Waals surface area contributed by atoms with Gasteiger partial charge in [0.1, 0.15) is 0 Å². The SMILES string of the molecule is Cc1ccc(C)c(C(=O)NC2(CCl)CCOCC2)c1. The number of hydrogen-bond donors (Lipinski definition) is 1. The zero-order valence-electron chi connectivity index (χ0n) is 11.5. The van der Waals surface area contributed by atoms with Crippen molar-refractivity contribution in [3.8, 4) is 0 Å². The molecule has 0 spiro atoms. The highest BCUT2D eigenvalue weighted by molar-refractivity contribution is 6.19. The Kier molecular flexibility index (Phi) is 4.48. The van der Waals surface area contributed by atoms with Gasteiger partial charge in [0.05, 0.1) is 5.54 Å². The van der Waals surface area contributed by atoms with Gasteiger partial charge in [0.25, 0.3) is 5.91 Å².